The van der Waals surface area contributed by atoms with Crippen LogP contribution in [0.5, 0.6) is 0 Å². The first-order valence-corrected chi connectivity index (χ1v) is 11.3. The summed E-state index contributed by atoms with van der Waals surface area (Å²) < 4.78 is 25.9. The van der Waals surface area contributed by atoms with Crippen molar-refractivity contribution in [1.29, 1.82) is 0 Å². The molecule has 0 unspecified atom stereocenters. The molecule has 1 spiro atoms. The number of benzene rings is 1. The summed E-state index contributed by atoms with van der Waals surface area (Å²) in [5.41, 5.74) is 2.06. The molecule has 4 rings (SSSR count). The van der Waals surface area contributed by atoms with Gasteiger partial charge in [-0.15, -0.1) is 0 Å². The van der Waals surface area contributed by atoms with Gasteiger partial charge in [-0.25, -0.2) is 8.42 Å². The van der Waals surface area contributed by atoms with Crippen LogP contribution in [-0.2, 0) is 21.2 Å². The molecule has 2 aliphatic heterocycles. The van der Waals surface area contributed by atoms with Crippen LogP contribution in [0.4, 0.5) is 0 Å². The molecule has 1 aromatic heterocycles. The lowest BCUT2D eigenvalue weighted by Crippen LogP contribution is -2.56. The van der Waals surface area contributed by atoms with Crippen molar-refractivity contribution in [1.82, 2.24) is 14.8 Å². The first-order valence-electron chi connectivity index (χ1n) is 9.62. The normalized spacial score (nSPS) is 20.2. The van der Waals surface area contributed by atoms with Crippen molar-refractivity contribution in [3.8, 4) is 0 Å². The van der Waals surface area contributed by atoms with Crippen molar-refractivity contribution in [3.63, 3.8) is 0 Å². The third-order valence-corrected chi connectivity index (χ3v) is 8.33. The van der Waals surface area contributed by atoms with E-state index in [9.17, 15) is 18.0 Å². The van der Waals surface area contributed by atoms with Crippen LogP contribution in [-0.4, -0.2) is 58.7 Å². The Bertz CT molecular complexity index is 1040. The zero-order valence-corrected chi connectivity index (χ0v) is 17.1. The minimum atomic E-state index is -3.63. The Morgan fingerprint density at radius 3 is 2.45 bits per heavy atom. The van der Waals surface area contributed by atoms with Gasteiger partial charge in [0, 0.05) is 38.7 Å². The number of carbonyl (C=O) groups excluding carboxylic acids is 2. The largest absolute Gasteiger partial charge is 0.337 e. The van der Waals surface area contributed by atoms with E-state index in [0.717, 1.165) is 11.1 Å². The number of rotatable bonds is 3. The van der Waals surface area contributed by atoms with E-state index in [4.69, 9.17) is 0 Å². The van der Waals surface area contributed by atoms with Crippen LogP contribution in [0.3, 0.4) is 0 Å². The van der Waals surface area contributed by atoms with E-state index in [2.05, 4.69) is 4.98 Å². The van der Waals surface area contributed by atoms with Gasteiger partial charge >= 0.3 is 0 Å². The fourth-order valence-electron chi connectivity index (χ4n) is 4.27. The average molecular weight is 413 g/mol. The lowest BCUT2D eigenvalue weighted by molar-refractivity contribution is -0.131. The maximum absolute atomic E-state index is 13.0. The van der Waals surface area contributed by atoms with Crippen LogP contribution < -0.4 is 0 Å². The lowest BCUT2D eigenvalue weighted by atomic mass is 10.0. The number of piperidine rings is 1. The van der Waals surface area contributed by atoms with E-state index in [-0.39, 0.29) is 44.3 Å². The summed E-state index contributed by atoms with van der Waals surface area (Å²) in [6, 6.07) is 13.0. The molecule has 0 N–H and O–H groups in total. The summed E-state index contributed by atoms with van der Waals surface area (Å²) in [6.07, 6.45) is 2.00. The number of carbonyl (C=O) groups is 2. The Labute approximate surface area is 170 Å². The Balaban J connectivity index is 1.58. The van der Waals surface area contributed by atoms with Gasteiger partial charge in [-0.1, -0.05) is 36.4 Å². The maximum Gasteiger partial charge on any atom is 0.272 e. The number of aryl methyl sites for hydroxylation is 1. The molecule has 0 bridgehead atoms. The van der Waals surface area contributed by atoms with Gasteiger partial charge in [0.2, 0.25) is 5.91 Å². The molecule has 2 aliphatic rings. The Morgan fingerprint density at radius 1 is 1.10 bits per heavy atom. The topological polar surface area (TPSA) is 87.7 Å². The van der Waals surface area contributed by atoms with Crippen molar-refractivity contribution in [2.24, 2.45) is 0 Å². The highest BCUT2D eigenvalue weighted by molar-refractivity contribution is 7.93. The molecule has 2 aromatic rings. The predicted molar refractivity (Wildman–Crippen MR) is 108 cm³/mol. The van der Waals surface area contributed by atoms with Crippen molar-refractivity contribution in [3.05, 3.63) is 65.5 Å². The first kappa shape index (κ1) is 19.6. The molecule has 8 heteroatoms. The van der Waals surface area contributed by atoms with Crippen LogP contribution in [0, 0.1) is 6.92 Å². The average Bonchev–Trinajstić information content (AvgIpc) is 2.89. The van der Waals surface area contributed by atoms with E-state index in [1.807, 2.05) is 43.3 Å². The fourth-order valence-corrected chi connectivity index (χ4v) is 6.32. The highest BCUT2D eigenvalue weighted by Gasteiger charge is 2.58. The summed E-state index contributed by atoms with van der Waals surface area (Å²) in [5.74, 6) is -1.03. The molecule has 1 aromatic carbocycles. The quantitative estimate of drug-likeness (QED) is 0.765. The van der Waals surface area contributed by atoms with E-state index >= 15 is 0 Å². The lowest BCUT2D eigenvalue weighted by Gasteiger charge is -2.43. The summed E-state index contributed by atoms with van der Waals surface area (Å²) in [5, 5.41) is 0. The number of hydrogen-bond donors (Lipinski definition) is 0. The number of sulfone groups is 1. The van der Waals surface area contributed by atoms with E-state index in [1.165, 1.54) is 4.90 Å². The van der Waals surface area contributed by atoms with E-state index in [1.54, 1.807) is 17.2 Å². The smallest absolute Gasteiger partial charge is 0.272 e. The monoisotopic (exact) mass is 413 g/mol. The zero-order chi connectivity index (χ0) is 20.6. The van der Waals surface area contributed by atoms with E-state index < -0.39 is 20.5 Å². The molecule has 0 atom stereocenters. The molecule has 0 saturated carbocycles. The molecule has 0 aliphatic carbocycles. The van der Waals surface area contributed by atoms with Gasteiger partial charge in [-0.05, 0) is 24.1 Å². The van der Waals surface area contributed by atoms with Gasteiger partial charge in [-0.3, -0.25) is 14.6 Å². The van der Waals surface area contributed by atoms with Gasteiger partial charge in [0.1, 0.15) is 16.3 Å². The number of hydrogen-bond acceptors (Lipinski definition) is 5. The van der Waals surface area contributed by atoms with Crippen LogP contribution in [0.15, 0.2) is 48.7 Å². The number of pyridine rings is 1. The number of aromatic nitrogens is 1. The number of nitrogens with zero attached hydrogens (tertiary/aromatic N) is 3. The zero-order valence-electron chi connectivity index (χ0n) is 16.2. The Hall–Kier alpha value is -2.74. The summed E-state index contributed by atoms with van der Waals surface area (Å²) in [4.78, 5) is 31.5. The molecule has 7 nitrogen and oxygen atoms in total. The Kier molecular flexibility index (Phi) is 4.90. The SMILES string of the molecule is Cc1cccnc1C(=O)N1CCC2(CC1)N(Cc1ccccc1)C(=O)CS2(=O)=O. The molecule has 152 valence electrons. The maximum atomic E-state index is 13.0. The molecular weight excluding hydrogens is 390 g/mol. The number of likely N-dealkylation sites (tertiary alicyclic amines) is 1. The summed E-state index contributed by atoms with van der Waals surface area (Å²) in [7, 11) is -3.63. The number of amides is 2. The summed E-state index contributed by atoms with van der Waals surface area (Å²) in [6.45, 7) is 2.62. The third kappa shape index (κ3) is 3.31. The molecule has 2 fully saturated rings. The molecule has 29 heavy (non-hydrogen) atoms. The van der Waals surface area contributed by atoms with Crippen molar-refractivity contribution in [2.75, 3.05) is 18.8 Å². The highest BCUT2D eigenvalue weighted by Crippen LogP contribution is 2.41. The van der Waals surface area contributed by atoms with Crippen LogP contribution in [0.25, 0.3) is 0 Å². The van der Waals surface area contributed by atoms with Gasteiger partial charge in [0.25, 0.3) is 5.91 Å². The minimum absolute atomic E-state index is 0.200. The standard InChI is InChI=1S/C21H23N3O4S/c1-16-6-5-11-22-19(16)20(26)23-12-9-21(10-13-23)24(18(25)15-29(21,27)28)14-17-7-3-2-4-8-17/h2-8,11H,9-10,12-15H2,1H3. The molecule has 3 heterocycles. The molecule has 0 radical (unpaired) electrons. The van der Waals surface area contributed by atoms with Crippen molar-refractivity contribution in [2.45, 2.75) is 31.2 Å². The third-order valence-electron chi connectivity index (χ3n) is 5.91. The second-order valence-electron chi connectivity index (χ2n) is 7.63. The van der Waals surface area contributed by atoms with Gasteiger partial charge < -0.3 is 9.80 Å². The van der Waals surface area contributed by atoms with Gasteiger partial charge in [0.15, 0.2) is 9.84 Å². The Morgan fingerprint density at radius 2 is 1.79 bits per heavy atom. The van der Waals surface area contributed by atoms with Gasteiger partial charge in [0.05, 0.1) is 0 Å². The van der Waals surface area contributed by atoms with Crippen molar-refractivity contribution < 1.29 is 18.0 Å². The fraction of sp³-hybridized carbons (Fsp3) is 0.381. The van der Waals surface area contributed by atoms with Crippen LogP contribution in [0.2, 0.25) is 0 Å². The van der Waals surface area contributed by atoms with E-state index in [0.29, 0.717) is 5.69 Å². The van der Waals surface area contributed by atoms with Crippen molar-refractivity contribution >= 4 is 21.7 Å². The van der Waals surface area contributed by atoms with Crippen LogP contribution in [0.1, 0.15) is 34.5 Å². The minimum Gasteiger partial charge on any atom is -0.337 e. The first-order chi connectivity index (χ1) is 13.8. The summed E-state index contributed by atoms with van der Waals surface area (Å²) >= 11 is 0. The molecule has 2 amide bonds. The molecule has 2 saturated heterocycles. The van der Waals surface area contributed by atoms with Gasteiger partial charge in [-0.2, -0.15) is 0 Å². The highest BCUT2D eigenvalue weighted by atomic mass is 32.2. The van der Waals surface area contributed by atoms with Crippen LogP contribution >= 0.6 is 0 Å². The predicted octanol–water partition coefficient (Wildman–Crippen LogP) is 1.78. The molecular formula is C21H23N3O4S. The second-order valence-corrected chi connectivity index (χ2v) is 9.91. The second kappa shape index (κ2) is 7.26.